The van der Waals surface area contributed by atoms with E-state index in [0.29, 0.717) is 43.8 Å². The van der Waals surface area contributed by atoms with E-state index in [2.05, 4.69) is 30.7 Å². The average molecular weight is 630 g/mol. The normalized spacial score (nSPS) is 11.7. The molecule has 13 heteroatoms. The largest absolute Gasteiger partial charge is 0.453 e. The van der Waals surface area contributed by atoms with E-state index in [0.717, 1.165) is 21.4 Å². The summed E-state index contributed by atoms with van der Waals surface area (Å²) in [6.07, 6.45) is -0.107. The summed E-state index contributed by atoms with van der Waals surface area (Å²) in [5.41, 5.74) is 4.24. The molecule has 3 amide bonds. The minimum absolute atomic E-state index is 0.192. The molecule has 5 rings (SSSR count). The number of thiazole rings is 1. The van der Waals surface area contributed by atoms with Gasteiger partial charge < -0.3 is 20.4 Å². The number of aromatic nitrogens is 3. The van der Waals surface area contributed by atoms with Crippen LogP contribution in [0.3, 0.4) is 0 Å². The maximum absolute atomic E-state index is 13.1. The van der Waals surface area contributed by atoms with E-state index < -0.39 is 18.2 Å². The molecule has 0 aliphatic heterocycles. The Kier molecular flexibility index (Phi) is 8.94. The van der Waals surface area contributed by atoms with Crippen LogP contribution in [-0.4, -0.2) is 34.2 Å². The highest BCUT2D eigenvalue weighted by Gasteiger charge is 2.22. The summed E-state index contributed by atoms with van der Waals surface area (Å²) in [4.78, 5) is 36.8. The maximum atomic E-state index is 13.1. The van der Waals surface area contributed by atoms with Crippen molar-refractivity contribution < 1.29 is 14.3 Å². The number of ether oxygens (including phenoxy) is 1. The number of carbonyl (C=O) groups excluding carboxylic acids is 2. The van der Waals surface area contributed by atoms with Crippen molar-refractivity contribution in [1.82, 2.24) is 25.6 Å². The summed E-state index contributed by atoms with van der Waals surface area (Å²) in [7, 11) is 1.29. The van der Waals surface area contributed by atoms with E-state index in [1.54, 1.807) is 36.4 Å². The smallest absolute Gasteiger partial charge is 0.411 e. The second kappa shape index (κ2) is 12.8. The molecule has 0 saturated heterocycles. The van der Waals surface area contributed by atoms with Crippen LogP contribution in [0.4, 0.5) is 15.3 Å². The van der Waals surface area contributed by atoms with Gasteiger partial charge in [-0.05, 0) is 36.2 Å². The number of hydrogen-bond acceptors (Lipinski definition) is 6. The number of amides is 3. The molecule has 9 nitrogen and oxygen atoms in total. The zero-order chi connectivity index (χ0) is 28.9. The van der Waals surface area contributed by atoms with E-state index in [-0.39, 0.29) is 6.54 Å². The summed E-state index contributed by atoms with van der Waals surface area (Å²) >= 11 is 20.2. The number of anilines is 1. The van der Waals surface area contributed by atoms with Gasteiger partial charge in [0.2, 0.25) is 0 Å². The second-order valence-corrected chi connectivity index (χ2v) is 11.4. The van der Waals surface area contributed by atoms with Crippen LogP contribution in [0.5, 0.6) is 0 Å². The third-order valence-electron chi connectivity index (χ3n) is 6.14. The number of aromatic amines is 1. The van der Waals surface area contributed by atoms with E-state index >= 15 is 0 Å². The van der Waals surface area contributed by atoms with Crippen molar-refractivity contribution >= 4 is 74.2 Å². The fraction of sp³-hybridized carbons (Fsp3) is 0.143. The summed E-state index contributed by atoms with van der Waals surface area (Å²) in [6, 6.07) is 19.3. The quantitative estimate of drug-likeness (QED) is 0.141. The number of urea groups is 1. The van der Waals surface area contributed by atoms with Gasteiger partial charge in [-0.25, -0.2) is 19.6 Å². The molecule has 2 heterocycles. The average Bonchev–Trinajstić information content (AvgIpc) is 3.53. The Morgan fingerprint density at radius 1 is 1.02 bits per heavy atom. The highest BCUT2D eigenvalue weighted by atomic mass is 35.5. The molecule has 5 aromatic rings. The first-order valence-corrected chi connectivity index (χ1v) is 14.3. The van der Waals surface area contributed by atoms with E-state index in [9.17, 15) is 9.59 Å². The lowest BCUT2D eigenvalue weighted by Gasteiger charge is -2.18. The summed E-state index contributed by atoms with van der Waals surface area (Å²) in [5.74, 6) is 0.484. The Morgan fingerprint density at radius 3 is 2.51 bits per heavy atom. The molecule has 0 fully saturated rings. The van der Waals surface area contributed by atoms with Crippen LogP contribution in [0.15, 0.2) is 66.7 Å². The van der Waals surface area contributed by atoms with Crippen LogP contribution in [-0.2, 0) is 17.7 Å². The van der Waals surface area contributed by atoms with Crippen LogP contribution in [0.1, 0.15) is 23.0 Å². The molecular formula is C28H23Cl3N6O3S. The molecule has 41 heavy (non-hydrogen) atoms. The van der Waals surface area contributed by atoms with Crippen molar-refractivity contribution in [3.63, 3.8) is 0 Å². The first-order valence-electron chi connectivity index (χ1n) is 12.3. The van der Waals surface area contributed by atoms with E-state index in [1.165, 1.54) is 18.4 Å². The minimum Gasteiger partial charge on any atom is -0.453 e. The Bertz CT molecular complexity index is 1690. The molecule has 0 aliphatic carbocycles. The predicted molar refractivity (Wildman–Crippen MR) is 163 cm³/mol. The molecule has 3 aromatic carbocycles. The van der Waals surface area contributed by atoms with Crippen LogP contribution in [0.2, 0.25) is 14.6 Å². The standard InChI is InChI=1S/C28H23Cl3N6O3S/c1-40-28(39)33-19-9-7-16(8-10-19)23-24(30)37-25(35-23)20(11-15-5-3-2-4-6-15)34-27(38)32-14-17-12-18(29)13-21-22(17)36-26(31)41-21/h2-10,12-13,20H,11,14H2,1H3,(H,33,39)(H,35,37)(H2,32,34,38). The first-order chi connectivity index (χ1) is 19.8. The number of imidazole rings is 1. The zero-order valence-electron chi connectivity index (χ0n) is 21.5. The van der Waals surface area contributed by atoms with Crippen molar-refractivity contribution in [3.8, 4) is 11.3 Å². The van der Waals surface area contributed by atoms with E-state index in [4.69, 9.17) is 39.8 Å². The van der Waals surface area contributed by atoms with Gasteiger partial charge in [0.1, 0.15) is 16.7 Å². The van der Waals surface area contributed by atoms with Crippen LogP contribution in [0.25, 0.3) is 21.5 Å². The lowest BCUT2D eigenvalue weighted by Crippen LogP contribution is -2.38. The minimum atomic E-state index is -0.568. The van der Waals surface area contributed by atoms with Crippen molar-refractivity contribution in [3.05, 3.63) is 98.3 Å². The number of H-pyrrole nitrogens is 1. The highest BCUT2D eigenvalue weighted by Crippen LogP contribution is 2.32. The molecule has 0 radical (unpaired) electrons. The van der Waals surface area contributed by atoms with Gasteiger partial charge in [-0.15, -0.1) is 11.3 Å². The fourth-order valence-electron chi connectivity index (χ4n) is 4.23. The lowest BCUT2D eigenvalue weighted by atomic mass is 10.1. The molecule has 210 valence electrons. The van der Waals surface area contributed by atoms with Crippen LogP contribution >= 0.6 is 46.1 Å². The van der Waals surface area contributed by atoms with Crippen molar-refractivity contribution in [2.45, 2.75) is 19.0 Å². The Morgan fingerprint density at radius 2 is 1.78 bits per heavy atom. The van der Waals surface area contributed by atoms with Gasteiger partial charge in [-0.3, -0.25) is 5.32 Å². The summed E-state index contributed by atoms with van der Waals surface area (Å²) in [5, 5.41) is 9.34. The number of carbonyl (C=O) groups is 2. The second-order valence-electron chi connectivity index (χ2n) is 8.93. The summed E-state index contributed by atoms with van der Waals surface area (Å²) in [6.45, 7) is 0.192. The lowest BCUT2D eigenvalue weighted by molar-refractivity contribution is 0.187. The van der Waals surface area contributed by atoms with Gasteiger partial charge in [-0.2, -0.15) is 0 Å². The molecule has 4 N–H and O–H groups in total. The first kappa shape index (κ1) is 28.7. The SMILES string of the molecule is COC(=O)Nc1ccc(-c2nc(C(Cc3ccccc3)NC(=O)NCc3cc(Cl)cc4sc(Cl)nc34)[nH]c2Cl)cc1. The Labute approximate surface area is 254 Å². The van der Waals surface area contributed by atoms with Gasteiger partial charge in [0, 0.05) is 28.4 Å². The number of fused-ring (bicyclic) bond motifs is 1. The predicted octanol–water partition coefficient (Wildman–Crippen LogP) is 7.61. The van der Waals surface area contributed by atoms with Crippen molar-refractivity contribution in [1.29, 1.82) is 0 Å². The topological polar surface area (TPSA) is 121 Å². The molecule has 0 saturated carbocycles. The van der Waals surface area contributed by atoms with Gasteiger partial charge in [0.15, 0.2) is 4.47 Å². The third kappa shape index (κ3) is 7.09. The van der Waals surface area contributed by atoms with Gasteiger partial charge in [0.25, 0.3) is 0 Å². The highest BCUT2D eigenvalue weighted by molar-refractivity contribution is 7.22. The molecule has 0 aliphatic rings. The molecular weight excluding hydrogens is 607 g/mol. The van der Waals surface area contributed by atoms with Crippen LogP contribution in [0, 0.1) is 0 Å². The number of nitrogens with zero attached hydrogens (tertiary/aromatic N) is 2. The monoisotopic (exact) mass is 628 g/mol. The van der Waals surface area contributed by atoms with Crippen molar-refractivity contribution in [2.24, 2.45) is 0 Å². The van der Waals surface area contributed by atoms with Gasteiger partial charge in [0.05, 0.1) is 23.4 Å². The third-order valence-corrected chi connectivity index (χ3v) is 7.74. The van der Waals surface area contributed by atoms with E-state index in [1.807, 2.05) is 30.3 Å². The molecule has 1 unspecified atom stereocenters. The number of methoxy groups -OCH3 is 1. The van der Waals surface area contributed by atoms with Crippen LogP contribution < -0.4 is 16.0 Å². The number of halogens is 3. The number of hydrogen-bond donors (Lipinski definition) is 4. The molecule has 2 aromatic heterocycles. The maximum Gasteiger partial charge on any atom is 0.411 e. The molecule has 1 atom stereocenters. The van der Waals surface area contributed by atoms with Crippen molar-refractivity contribution in [2.75, 3.05) is 12.4 Å². The Balaban J connectivity index is 1.35. The number of benzene rings is 3. The fourth-order valence-corrected chi connectivity index (χ4v) is 5.89. The van der Waals surface area contributed by atoms with Gasteiger partial charge in [-0.1, -0.05) is 77.3 Å². The number of nitrogens with one attached hydrogen (secondary N) is 4. The molecule has 0 spiro atoms. The Hall–Kier alpha value is -3.83. The zero-order valence-corrected chi connectivity index (χ0v) is 24.6. The number of rotatable bonds is 8. The molecule has 0 bridgehead atoms. The van der Waals surface area contributed by atoms with Gasteiger partial charge >= 0.3 is 12.1 Å². The summed E-state index contributed by atoms with van der Waals surface area (Å²) < 4.78 is 5.86.